The van der Waals surface area contributed by atoms with E-state index >= 15 is 0 Å². The molecule has 0 aliphatic rings. The third kappa shape index (κ3) is 6.41. The smallest absolute Gasteiger partial charge is 0.319 e. The molecule has 0 spiro atoms. The van der Waals surface area contributed by atoms with Crippen molar-refractivity contribution in [2.75, 3.05) is 13.7 Å². The third-order valence-electron chi connectivity index (χ3n) is 5.16. The van der Waals surface area contributed by atoms with Crippen LogP contribution in [0, 0.1) is 11.8 Å². The zero-order valence-electron chi connectivity index (χ0n) is 19.4. The number of carbonyl (C=O) groups excluding carboxylic acids is 1. The van der Waals surface area contributed by atoms with Gasteiger partial charge in [0.15, 0.2) is 5.76 Å². The van der Waals surface area contributed by atoms with E-state index in [-0.39, 0.29) is 12.5 Å². The molecule has 1 aromatic carbocycles. The van der Waals surface area contributed by atoms with Gasteiger partial charge in [-0.25, -0.2) is 4.98 Å². The number of rotatable bonds is 8. The monoisotopic (exact) mass is 471 g/mol. The Kier molecular flexibility index (Phi) is 7.67. The number of carbonyl (C=O) groups is 1. The number of benzene rings is 1. The highest BCUT2D eigenvalue weighted by Crippen LogP contribution is 2.22. The summed E-state index contributed by atoms with van der Waals surface area (Å²) in [6.07, 6.45) is 4.50. The standard InChI is InChI=1S/C26H25N5O4/c1-18(32)26-28-11-12-31(26)17-23-13-24(35-30-23)21-8-5-19(6-9-21)3-4-20-7-10-22(29-14-20)15-27-16-25(33)34-2/h5-14,18,27,32H,15-17H2,1-2H3/t18-/m0/s1. The molecule has 4 rings (SSSR count). The summed E-state index contributed by atoms with van der Waals surface area (Å²) >= 11 is 0. The van der Waals surface area contributed by atoms with Crippen molar-refractivity contribution in [3.8, 4) is 23.2 Å². The summed E-state index contributed by atoms with van der Waals surface area (Å²) < 4.78 is 11.9. The molecule has 0 radical (unpaired) electrons. The van der Waals surface area contributed by atoms with Crippen LogP contribution in [-0.2, 0) is 22.6 Å². The largest absolute Gasteiger partial charge is 0.468 e. The Balaban J connectivity index is 1.35. The molecule has 0 aliphatic heterocycles. The highest BCUT2D eigenvalue weighted by molar-refractivity contribution is 5.71. The fourth-order valence-electron chi connectivity index (χ4n) is 3.35. The van der Waals surface area contributed by atoms with Crippen molar-refractivity contribution in [1.82, 2.24) is 25.0 Å². The van der Waals surface area contributed by atoms with E-state index in [0.717, 1.165) is 28.1 Å². The second kappa shape index (κ2) is 11.2. The fraction of sp³-hybridized carbons (Fsp3) is 0.231. The molecule has 0 bridgehead atoms. The van der Waals surface area contributed by atoms with E-state index < -0.39 is 6.10 Å². The van der Waals surface area contributed by atoms with Crippen molar-refractivity contribution in [2.24, 2.45) is 0 Å². The van der Waals surface area contributed by atoms with Crippen LogP contribution in [0.5, 0.6) is 0 Å². The first-order valence-corrected chi connectivity index (χ1v) is 11.0. The van der Waals surface area contributed by atoms with Gasteiger partial charge in [0, 0.05) is 47.9 Å². The lowest BCUT2D eigenvalue weighted by molar-refractivity contribution is -0.139. The Morgan fingerprint density at radius 1 is 1.14 bits per heavy atom. The van der Waals surface area contributed by atoms with Crippen molar-refractivity contribution < 1.29 is 19.2 Å². The molecular weight excluding hydrogens is 446 g/mol. The van der Waals surface area contributed by atoms with Crippen LogP contribution in [0.15, 0.2) is 65.6 Å². The molecule has 1 atom stereocenters. The quantitative estimate of drug-likeness (QED) is 0.298. The number of nitrogens with zero attached hydrogens (tertiary/aromatic N) is 4. The first-order chi connectivity index (χ1) is 17.0. The lowest BCUT2D eigenvalue weighted by atomic mass is 10.1. The molecule has 3 heterocycles. The van der Waals surface area contributed by atoms with Gasteiger partial charge in [-0.3, -0.25) is 9.78 Å². The first-order valence-electron chi connectivity index (χ1n) is 11.0. The number of aromatic nitrogens is 4. The Hall–Kier alpha value is -4.26. The minimum Gasteiger partial charge on any atom is -0.468 e. The van der Waals surface area contributed by atoms with Gasteiger partial charge in [0.1, 0.15) is 17.6 Å². The van der Waals surface area contributed by atoms with Crippen molar-refractivity contribution in [3.05, 3.63) is 89.4 Å². The second-order valence-electron chi connectivity index (χ2n) is 7.82. The summed E-state index contributed by atoms with van der Waals surface area (Å²) in [5.74, 6) is 7.15. The summed E-state index contributed by atoms with van der Waals surface area (Å²) in [6, 6.07) is 13.3. The van der Waals surface area contributed by atoms with Gasteiger partial charge < -0.3 is 24.3 Å². The van der Waals surface area contributed by atoms with Crippen LogP contribution in [0.4, 0.5) is 0 Å². The van der Waals surface area contributed by atoms with Crippen molar-refractivity contribution in [2.45, 2.75) is 26.1 Å². The maximum absolute atomic E-state index is 11.1. The molecule has 9 nitrogen and oxygen atoms in total. The van der Waals surface area contributed by atoms with Crippen LogP contribution in [0.25, 0.3) is 11.3 Å². The summed E-state index contributed by atoms with van der Waals surface area (Å²) in [6.45, 7) is 2.75. The predicted octanol–water partition coefficient (Wildman–Crippen LogP) is 2.70. The van der Waals surface area contributed by atoms with E-state index in [1.54, 1.807) is 25.5 Å². The Labute approximate surface area is 202 Å². The maximum atomic E-state index is 11.1. The second-order valence-corrected chi connectivity index (χ2v) is 7.82. The molecule has 0 amide bonds. The Bertz CT molecular complexity index is 1330. The number of aliphatic hydroxyl groups excluding tert-OH is 1. The number of imidazole rings is 1. The normalized spacial score (nSPS) is 11.5. The number of methoxy groups -OCH3 is 1. The highest BCUT2D eigenvalue weighted by Gasteiger charge is 2.12. The number of hydrogen-bond donors (Lipinski definition) is 2. The van der Waals surface area contributed by atoms with Gasteiger partial charge in [0.2, 0.25) is 0 Å². The lowest BCUT2D eigenvalue weighted by Crippen LogP contribution is -2.23. The SMILES string of the molecule is COC(=O)CNCc1ccc(C#Cc2ccc(-c3cc(Cn4ccnc4[C@H](C)O)no3)cc2)cn1. The molecule has 4 aromatic rings. The molecule has 9 heteroatoms. The number of nitrogens with one attached hydrogen (secondary N) is 1. The molecule has 0 saturated carbocycles. The summed E-state index contributed by atoms with van der Waals surface area (Å²) in [4.78, 5) is 19.7. The molecule has 0 saturated heterocycles. The number of ether oxygens (including phenoxy) is 1. The van der Waals surface area contributed by atoms with Crippen LogP contribution in [0.3, 0.4) is 0 Å². The topological polar surface area (TPSA) is 115 Å². The predicted molar refractivity (Wildman–Crippen MR) is 128 cm³/mol. The van der Waals surface area contributed by atoms with E-state index in [4.69, 9.17) is 4.52 Å². The molecule has 178 valence electrons. The van der Waals surface area contributed by atoms with E-state index in [1.807, 2.05) is 47.0 Å². The molecule has 35 heavy (non-hydrogen) atoms. The summed E-state index contributed by atoms with van der Waals surface area (Å²) in [5.41, 5.74) is 4.09. The average Bonchev–Trinajstić information content (AvgIpc) is 3.54. The number of aliphatic hydroxyl groups is 1. The molecule has 2 N–H and O–H groups in total. The first kappa shape index (κ1) is 23.9. The average molecular weight is 472 g/mol. The van der Waals surface area contributed by atoms with Gasteiger partial charge in [0.05, 0.1) is 25.9 Å². The molecular formula is C26H25N5O4. The van der Waals surface area contributed by atoms with Crippen LogP contribution in [0.2, 0.25) is 0 Å². The van der Waals surface area contributed by atoms with E-state index in [2.05, 4.69) is 37.0 Å². The van der Waals surface area contributed by atoms with E-state index in [0.29, 0.717) is 24.7 Å². The summed E-state index contributed by atoms with van der Waals surface area (Å²) in [5, 5.41) is 16.9. The fourth-order valence-corrected chi connectivity index (χ4v) is 3.35. The van der Waals surface area contributed by atoms with E-state index in [1.165, 1.54) is 7.11 Å². The van der Waals surface area contributed by atoms with Crippen LogP contribution in [-0.4, -0.2) is 44.4 Å². The molecule has 0 fully saturated rings. The Morgan fingerprint density at radius 2 is 1.91 bits per heavy atom. The molecule has 3 aromatic heterocycles. The van der Waals surface area contributed by atoms with Gasteiger partial charge in [-0.1, -0.05) is 17.0 Å². The van der Waals surface area contributed by atoms with Gasteiger partial charge in [0.25, 0.3) is 0 Å². The lowest BCUT2D eigenvalue weighted by Gasteiger charge is -2.07. The number of hydrogen-bond acceptors (Lipinski definition) is 8. The third-order valence-corrected chi connectivity index (χ3v) is 5.16. The molecule has 0 aliphatic carbocycles. The van der Waals surface area contributed by atoms with Gasteiger partial charge in [-0.2, -0.15) is 0 Å². The van der Waals surface area contributed by atoms with Gasteiger partial charge in [-0.05, 0) is 43.3 Å². The zero-order chi connectivity index (χ0) is 24.6. The van der Waals surface area contributed by atoms with Gasteiger partial charge >= 0.3 is 5.97 Å². The van der Waals surface area contributed by atoms with E-state index in [9.17, 15) is 9.90 Å². The highest BCUT2D eigenvalue weighted by atomic mass is 16.5. The molecule has 0 unspecified atom stereocenters. The van der Waals surface area contributed by atoms with Crippen LogP contribution < -0.4 is 5.32 Å². The number of esters is 1. The van der Waals surface area contributed by atoms with Crippen LogP contribution in [0.1, 0.15) is 41.4 Å². The van der Waals surface area contributed by atoms with Crippen molar-refractivity contribution in [3.63, 3.8) is 0 Å². The van der Waals surface area contributed by atoms with Crippen molar-refractivity contribution >= 4 is 5.97 Å². The summed E-state index contributed by atoms with van der Waals surface area (Å²) in [7, 11) is 1.35. The van der Waals surface area contributed by atoms with Crippen molar-refractivity contribution in [1.29, 1.82) is 0 Å². The zero-order valence-corrected chi connectivity index (χ0v) is 19.4. The Morgan fingerprint density at radius 3 is 2.63 bits per heavy atom. The van der Waals surface area contributed by atoms with Gasteiger partial charge in [-0.15, -0.1) is 0 Å². The minimum atomic E-state index is -0.659. The number of pyridine rings is 1. The maximum Gasteiger partial charge on any atom is 0.319 e. The van der Waals surface area contributed by atoms with Crippen LogP contribution >= 0.6 is 0 Å². The minimum absolute atomic E-state index is 0.139.